The molecule has 1 aliphatic carbocycles. The highest BCUT2D eigenvalue weighted by molar-refractivity contribution is 6.31. The van der Waals surface area contributed by atoms with Crippen LogP contribution in [-0.2, 0) is 4.74 Å². The summed E-state index contributed by atoms with van der Waals surface area (Å²) in [5.74, 6) is 1.28. The zero-order chi connectivity index (χ0) is 33.2. The van der Waals surface area contributed by atoms with Crippen LogP contribution < -0.4 is 15.0 Å². The van der Waals surface area contributed by atoms with E-state index in [0.29, 0.717) is 33.5 Å². The highest BCUT2D eigenvalue weighted by atomic mass is 35.5. The monoisotopic (exact) mass is 663 g/mol. The molecule has 4 aliphatic rings. The van der Waals surface area contributed by atoms with Gasteiger partial charge in [0.15, 0.2) is 11.5 Å². The van der Waals surface area contributed by atoms with Crippen molar-refractivity contribution in [1.29, 1.82) is 5.26 Å². The lowest BCUT2D eigenvalue weighted by atomic mass is 9.71. The fourth-order valence-corrected chi connectivity index (χ4v) is 7.61. The number of ether oxygens (including phenoxy) is 2. The summed E-state index contributed by atoms with van der Waals surface area (Å²) in [6.07, 6.45) is 7.42. The molecule has 1 spiro atoms. The first-order valence-corrected chi connectivity index (χ1v) is 17.3. The summed E-state index contributed by atoms with van der Waals surface area (Å²) in [6, 6.07) is 11.5. The van der Waals surface area contributed by atoms with Gasteiger partial charge in [0.2, 0.25) is 0 Å². The van der Waals surface area contributed by atoms with Crippen LogP contribution in [0.15, 0.2) is 30.3 Å². The highest BCUT2D eigenvalue weighted by Gasteiger charge is 2.46. The molecule has 1 saturated carbocycles. The SMILES string of the molecule is CC(C)(C)OC(=O)N1CCC(N2CCC3(CC2)CN(c2ccc(C(=O)N[C@H]4CC[C@H](Oc5ccc(C#N)c(Cl)c5)CC4)nn2)C3)CC1. The summed E-state index contributed by atoms with van der Waals surface area (Å²) in [5.41, 5.74) is 0.622. The van der Waals surface area contributed by atoms with Crippen LogP contribution in [-0.4, -0.2) is 95.1 Å². The largest absolute Gasteiger partial charge is 0.490 e. The third-order valence-corrected chi connectivity index (χ3v) is 10.4. The number of nitrogens with zero attached hydrogens (tertiary/aromatic N) is 6. The van der Waals surface area contributed by atoms with Crippen LogP contribution in [0.2, 0.25) is 5.02 Å². The standard InChI is InChI=1S/C35H46ClN7O4/c1-34(2,3)47-33(45)42-16-12-26(13-17-42)41-18-14-35(15-19-41)22-43(23-35)31-11-10-30(39-40-31)32(44)38-25-5-8-27(9-6-25)46-28-7-4-24(21-37)29(36)20-28/h4,7,10-11,20,25-27H,5-6,8-9,12-19,22-23H2,1-3H3,(H,38,44)/t25-,27-. The van der Waals surface area contributed by atoms with Gasteiger partial charge < -0.3 is 29.5 Å². The van der Waals surface area contributed by atoms with Crippen molar-refractivity contribution in [3.8, 4) is 11.8 Å². The number of benzene rings is 1. The van der Waals surface area contributed by atoms with Crippen LogP contribution >= 0.6 is 11.6 Å². The number of carbonyl (C=O) groups is 2. The summed E-state index contributed by atoms with van der Waals surface area (Å²) < 4.78 is 11.6. The Morgan fingerprint density at radius 3 is 2.28 bits per heavy atom. The zero-order valence-electron chi connectivity index (χ0n) is 27.7. The van der Waals surface area contributed by atoms with Crippen LogP contribution in [0.3, 0.4) is 0 Å². The minimum Gasteiger partial charge on any atom is -0.490 e. The van der Waals surface area contributed by atoms with Gasteiger partial charge in [-0.25, -0.2) is 4.79 Å². The lowest BCUT2D eigenvalue weighted by molar-refractivity contribution is 0.00424. The first kappa shape index (κ1) is 33.3. The quantitative estimate of drug-likeness (QED) is 0.431. The number of amides is 2. The van der Waals surface area contributed by atoms with Crippen molar-refractivity contribution in [3.63, 3.8) is 0 Å². The third-order valence-electron chi connectivity index (χ3n) is 10.1. The molecule has 2 aromatic rings. The van der Waals surface area contributed by atoms with Gasteiger partial charge in [-0.3, -0.25) is 4.79 Å². The van der Waals surface area contributed by atoms with E-state index < -0.39 is 5.60 Å². The Hall–Kier alpha value is -3.62. The summed E-state index contributed by atoms with van der Waals surface area (Å²) >= 11 is 6.13. The minimum atomic E-state index is -0.461. The van der Waals surface area contributed by atoms with Crippen LogP contribution in [0.5, 0.6) is 5.75 Å². The van der Waals surface area contributed by atoms with E-state index in [1.165, 1.54) is 0 Å². The molecule has 3 saturated heterocycles. The number of nitriles is 1. The number of anilines is 1. The molecule has 1 N–H and O–H groups in total. The number of likely N-dealkylation sites (tertiary alicyclic amines) is 2. The van der Waals surface area contributed by atoms with Crippen LogP contribution in [0.4, 0.5) is 10.6 Å². The summed E-state index contributed by atoms with van der Waals surface area (Å²) in [5, 5.41) is 21.3. The Morgan fingerprint density at radius 1 is 0.979 bits per heavy atom. The Balaban J connectivity index is 0.895. The van der Waals surface area contributed by atoms with Crippen LogP contribution in [0, 0.1) is 16.7 Å². The Morgan fingerprint density at radius 2 is 1.68 bits per heavy atom. The van der Waals surface area contributed by atoms with Crippen molar-refractivity contribution in [2.75, 3.05) is 44.2 Å². The summed E-state index contributed by atoms with van der Waals surface area (Å²) in [4.78, 5) is 32.1. The Kier molecular flexibility index (Phi) is 9.81. The lowest BCUT2D eigenvalue weighted by Crippen LogP contribution is -2.62. The number of aromatic nitrogens is 2. The number of hydrogen-bond acceptors (Lipinski definition) is 9. The fourth-order valence-electron chi connectivity index (χ4n) is 7.40. The highest BCUT2D eigenvalue weighted by Crippen LogP contribution is 2.43. The number of nitrogens with one attached hydrogen (secondary N) is 1. The van der Waals surface area contributed by atoms with Gasteiger partial charge in [0.05, 0.1) is 16.7 Å². The Labute approximate surface area is 282 Å². The number of hydrogen-bond donors (Lipinski definition) is 1. The predicted octanol–water partition coefficient (Wildman–Crippen LogP) is 5.42. The van der Waals surface area contributed by atoms with Crippen molar-refractivity contribution < 1.29 is 19.1 Å². The van der Waals surface area contributed by atoms with E-state index in [1.807, 2.05) is 31.7 Å². The molecule has 0 unspecified atom stereocenters. The molecule has 6 rings (SSSR count). The van der Waals surface area contributed by atoms with Gasteiger partial charge in [0, 0.05) is 49.7 Å². The average Bonchev–Trinajstić information content (AvgIpc) is 3.04. The topological polar surface area (TPSA) is 124 Å². The van der Waals surface area contributed by atoms with Crippen molar-refractivity contribution in [3.05, 3.63) is 46.6 Å². The molecular weight excluding hydrogens is 618 g/mol. The molecule has 4 fully saturated rings. The molecule has 4 heterocycles. The van der Waals surface area contributed by atoms with Crippen molar-refractivity contribution in [2.45, 2.75) is 95.9 Å². The molecule has 252 valence electrons. The molecule has 47 heavy (non-hydrogen) atoms. The second kappa shape index (κ2) is 13.9. The fraction of sp³-hybridized carbons (Fsp3) is 0.629. The van der Waals surface area contributed by atoms with Crippen molar-refractivity contribution in [1.82, 2.24) is 25.3 Å². The number of rotatable bonds is 6. The third kappa shape index (κ3) is 8.10. The molecule has 12 heteroatoms. The lowest BCUT2D eigenvalue weighted by Gasteiger charge is -2.55. The first-order valence-electron chi connectivity index (χ1n) is 17.0. The van der Waals surface area contributed by atoms with Gasteiger partial charge in [-0.15, -0.1) is 10.2 Å². The summed E-state index contributed by atoms with van der Waals surface area (Å²) in [6.45, 7) is 11.4. The van der Waals surface area contributed by atoms with Crippen molar-refractivity contribution in [2.24, 2.45) is 5.41 Å². The molecule has 2 amide bonds. The van der Waals surface area contributed by atoms with Crippen LogP contribution in [0.1, 0.15) is 88.2 Å². The molecule has 0 atom stereocenters. The maximum absolute atomic E-state index is 12.9. The number of carbonyl (C=O) groups excluding carboxylic acids is 2. The molecular formula is C35H46ClN7O4. The van der Waals surface area contributed by atoms with Gasteiger partial charge in [-0.2, -0.15) is 5.26 Å². The van der Waals surface area contributed by atoms with E-state index in [1.54, 1.807) is 24.3 Å². The normalized spacial score (nSPS) is 23.5. The summed E-state index contributed by atoms with van der Waals surface area (Å²) in [7, 11) is 0. The van der Waals surface area contributed by atoms with Crippen LogP contribution in [0.25, 0.3) is 0 Å². The average molecular weight is 664 g/mol. The second-order valence-electron chi connectivity index (χ2n) is 14.7. The van der Waals surface area contributed by atoms with E-state index in [4.69, 9.17) is 26.3 Å². The van der Waals surface area contributed by atoms with E-state index in [2.05, 4.69) is 31.4 Å². The van der Waals surface area contributed by atoms with Gasteiger partial charge in [-0.1, -0.05) is 11.6 Å². The first-order chi connectivity index (χ1) is 22.5. The maximum atomic E-state index is 12.9. The second-order valence-corrected chi connectivity index (χ2v) is 15.1. The van der Waals surface area contributed by atoms with Crippen molar-refractivity contribution >= 4 is 29.4 Å². The van der Waals surface area contributed by atoms with Gasteiger partial charge in [0.25, 0.3) is 5.91 Å². The van der Waals surface area contributed by atoms with E-state index in [-0.39, 0.29) is 24.1 Å². The molecule has 1 aromatic carbocycles. The predicted molar refractivity (Wildman–Crippen MR) is 179 cm³/mol. The molecule has 11 nitrogen and oxygen atoms in total. The number of piperidine rings is 2. The van der Waals surface area contributed by atoms with E-state index >= 15 is 0 Å². The maximum Gasteiger partial charge on any atom is 0.410 e. The molecule has 1 aromatic heterocycles. The van der Waals surface area contributed by atoms with E-state index in [9.17, 15) is 9.59 Å². The molecule has 0 radical (unpaired) electrons. The molecule has 3 aliphatic heterocycles. The zero-order valence-corrected chi connectivity index (χ0v) is 28.5. The number of halogens is 1. The van der Waals surface area contributed by atoms with E-state index in [0.717, 1.165) is 96.5 Å². The van der Waals surface area contributed by atoms with Gasteiger partial charge >= 0.3 is 6.09 Å². The van der Waals surface area contributed by atoms with Gasteiger partial charge in [0.1, 0.15) is 17.4 Å². The van der Waals surface area contributed by atoms with Gasteiger partial charge in [-0.05, 0) is 109 Å². The smallest absolute Gasteiger partial charge is 0.410 e. The Bertz CT molecular complexity index is 1460. The molecule has 0 bridgehead atoms. The minimum absolute atomic E-state index is 0.0438.